The molecule has 0 aromatic heterocycles. The molecule has 0 aromatic rings. The van der Waals surface area contributed by atoms with Gasteiger partial charge in [-0.15, -0.1) is 0 Å². The lowest BCUT2D eigenvalue weighted by molar-refractivity contribution is -0.890. The predicted octanol–water partition coefficient (Wildman–Crippen LogP) is 7.67. The van der Waals surface area contributed by atoms with Crippen molar-refractivity contribution in [3.05, 3.63) is 0 Å². The molecule has 4 heteroatoms. The molecule has 0 spiro atoms. The van der Waals surface area contributed by atoms with E-state index in [9.17, 15) is 0 Å². The second-order valence-electron chi connectivity index (χ2n) is 16.4. The van der Waals surface area contributed by atoms with E-state index in [1.165, 1.54) is 241 Å². The van der Waals surface area contributed by atoms with Crippen molar-refractivity contribution in [2.24, 2.45) is 0 Å². The fraction of sp³-hybridized carbons (Fsp3) is 1.00. The first-order valence-corrected chi connectivity index (χ1v) is 21.0. The Balaban J connectivity index is -0.00000924. The topological polar surface area (TPSA) is 0 Å². The highest BCUT2D eigenvalue weighted by Gasteiger charge is 2.14. The maximum absolute atomic E-state index is 2.47. The van der Waals surface area contributed by atoms with Crippen LogP contribution in [-0.2, 0) is 0 Å². The number of quaternary nitrogens is 2. The highest BCUT2D eigenvalue weighted by atomic mass is 79.9. The van der Waals surface area contributed by atoms with E-state index < -0.39 is 0 Å². The third-order valence-electron chi connectivity index (χ3n) is 10.5. The molecule has 0 aliphatic carbocycles. The van der Waals surface area contributed by atoms with Crippen molar-refractivity contribution in [3.63, 3.8) is 0 Å². The molecule has 0 fully saturated rings. The van der Waals surface area contributed by atoms with E-state index in [2.05, 4.69) is 42.0 Å². The van der Waals surface area contributed by atoms with E-state index in [1.807, 2.05) is 0 Å². The van der Waals surface area contributed by atoms with Gasteiger partial charge < -0.3 is 42.9 Å². The Kier molecular flexibility index (Phi) is 43.1. The maximum atomic E-state index is 2.47. The third-order valence-corrected chi connectivity index (χ3v) is 10.5. The van der Waals surface area contributed by atoms with Crippen molar-refractivity contribution < 1.29 is 42.9 Å². The first-order chi connectivity index (χ1) is 21.3. The van der Waals surface area contributed by atoms with Crippen LogP contribution in [0, 0.1) is 0 Å². The highest BCUT2D eigenvalue weighted by molar-refractivity contribution is 4.52. The molecular weight excluding hydrogens is 692 g/mol. The zero-order chi connectivity index (χ0) is 32.5. The van der Waals surface area contributed by atoms with Crippen molar-refractivity contribution >= 4 is 0 Å². The van der Waals surface area contributed by atoms with Gasteiger partial charge in [0.05, 0.1) is 54.4 Å². The van der Waals surface area contributed by atoms with Gasteiger partial charge in [0.1, 0.15) is 0 Å². The SMILES string of the molecule is CCCCCCCCCCCC[N+](C)(C)CCCCCCCCCCCCCC[N+](C)(C)CCCCCCCCCCCC.[Br-].[Br-]. The summed E-state index contributed by atoms with van der Waals surface area (Å²) in [6, 6.07) is 0. The number of unbranched alkanes of at least 4 members (excludes halogenated alkanes) is 29. The molecule has 0 N–H and O–H groups in total. The van der Waals surface area contributed by atoms with Crippen molar-refractivity contribution in [2.75, 3.05) is 54.4 Å². The summed E-state index contributed by atoms with van der Waals surface area (Å²) in [6.07, 6.45) is 46.5. The number of nitrogens with zero attached hydrogens (tertiary/aromatic N) is 2. The number of hydrogen-bond acceptors (Lipinski definition) is 0. The quantitative estimate of drug-likeness (QED) is 0.0449. The van der Waals surface area contributed by atoms with Gasteiger partial charge in [0.15, 0.2) is 0 Å². The van der Waals surface area contributed by atoms with Gasteiger partial charge in [-0.05, 0) is 51.4 Å². The summed E-state index contributed by atoms with van der Waals surface area (Å²) in [5, 5.41) is 0. The number of hydrogen-bond donors (Lipinski definition) is 0. The van der Waals surface area contributed by atoms with Crippen molar-refractivity contribution in [1.82, 2.24) is 0 Å². The van der Waals surface area contributed by atoms with E-state index in [-0.39, 0.29) is 34.0 Å². The largest absolute Gasteiger partial charge is 1.00 e. The Morgan fingerprint density at radius 3 is 0.500 bits per heavy atom. The molecular formula is C42H90Br2N2. The molecule has 282 valence electrons. The molecule has 0 atom stereocenters. The Morgan fingerprint density at radius 2 is 0.348 bits per heavy atom. The molecule has 0 radical (unpaired) electrons. The number of rotatable bonds is 37. The van der Waals surface area contributed by atoms with Crippen LogP contribution in [0.5, 0.6) is 0 Å². The predicted molar refractivity (Wildman–Crippen MR) is 203 cm³/mol. The van der Waals surface area contributed by atoms with Gasteiger partial charge in [0.2, 0.25) is 0 Å². The van der Waals surface area contributed by atoms with Gasteiger partial charge in [-0.1, -0.05) is 168 Å². The first kappa shape index (κ1) is 51.3. The molecule has 0 aliphatic heterocycles. The van der Waals surface area contributed by atoms with E-state index >= 15 is 0 Å². The van der Waals surface area contributed by atoms with Gasteiger partial charge in [-0.3, -0.25) is 0 Å². The summed E-state index contributed by atoms with van der Waals surface area (Å²) in [5.41, 5.74) is 0. The van der Waals surface area contributed by atoms with Gasteiger partial charge >= 0.3 is 0 Å². The number of halogens is 2. The Bertz CT molecular complexity index is 504. The fourth-order valence-electron chi connectivity index (χ4n) is 7.13. The standard InChI is InChI=1S/C42H90N2.2BrH/c1-7-9-11-13-15-17-23-27-31-35-39-43(3,4)41-37-33-29-25-21-19-20-22-26-30-34-38-42-44(5,6)40-36-32-28-24-18-16-14-12-10-8-2;;/h7-42H2,1-6H3;2*1H/q+2;;/p-2. The van der Waals surface area contributed by atoms with Crippen molar-refractivity contribution in [3.8, 4) is 0 Å². The second-order valence-corrected chi connectivity index (χ2v) is 16.4. The summed E-state index contributed by atoms with van der Waals surface area (Å²) < 4.78 is 2.49. The van der Waals surface area contributed by atoms with Crippen molar-refractivity contribution in [2.45, 2.75) is 219 Å². The summed E-state index contributed by atoms with van der Waals surface area (Å²) in [6.45, 7) is 10.1. The third kappa shape index (κ3) is 41.1. The molecule has 0 rings (SSSR count). The van der Waals surface area contributed by atoms with Gasteiger partial charge in [0, 0.05) is 0 Å². The van der Waals surface area contributed by atoms with Crippen LogP contribution in [0.25, 0.3) is 0 Å². The summed E-state index contributed by atoms with van der Waals surface area (Å²) in [7, 11) is 9.86. The fourth-order valence-corrected chi connectivity index (χ4v) is 7.13. The van der Waals surface area contributed by atoms with E-state index in [0.717, 1.165) is 0 Å². The molecule has 0 aromatic carbocycles. The molecule has 2 nitrogen and oxygen atoms in total. The van der Waals surface area contributed by atoms with E-state index in [0.29, 0.717) is 0 Å². The minimum atomic E-state index is 0. The molecule has 0 saturated carbocycles. The lowest BCUT2D eigenvalue weighted by atomic mass is 10.0. The lowest BCUT2D eigenvalue weighted by Gasteiger charge is -2.30. The average molecular weight is 783 g/mol. The maximum Gasteiger partial charge on any atom is 0.0782 e. The zero-order valence-electron chi connectivity index (χ0n) is 33.1. The smallest absolute Gasteiger partial charge is 0.0782 e. The lowest BCUT2D eigenvalue weighted by Crippen LogP contribution is -3.00. The van der Waals surface area contributed by atoms with Gasteiger partial charge in [0.25, 0.3) is 0 Å². The van der Waals surface area contributed by atoms with Crippen LogP contribution in [0.4, 0.5) is 0 Å². The van der Waals surface area contributed by atoms with Gasteiger partial charge in [-0.2, -0.15) is 0 Å². The second kappa shape index (κ2) is 38.7. The molecule has 0 heterocycles. The van der Waals surface area contributed by atoms with Crippen LogP contribution >= 0.6 is 0 Å². The monoisotopic (exact) mass is 781 g/mol. The Hall–Kier alpha value is 0.880. The minimum absolute atomic E-state index is 0. The summed E-state index contributed by atoms with van der Waals surface area (Å²) >= 11 is 0. The molecule has 0 unspecified atom stereocenters. The van der Waals surface area contributed by atoms with Gasteiger partial charge in [-0.25, -0.2) is 0 Å². The molecule has 0 saturated heterocycles. The molecule has 46 heavy (non-hydrogen) atoms. The van der Waals surface area contributed by atoms with Crippen LogP contribution in [0.3, 0.4) is 0 Å². The molecule has 0 aliphatic rings. The van der Waals surface area contributed by atoms with E-state index in [4.69, 9.17) is 0 Å². The Morgan fingerprint density at radius 1 is 0.217 bits per heavy atom. The van der Waals surface area contributed by atoms with Crippen LogP contribution < -0.4 is 34.0 Å². The highest BCUT2D eigenvalue weighted by Crippen LogP contribution is 2.16. The summed E-state index contributed by atoms with van der Waals surface area (Å²) in [5.74, 6) is 0. The molecule has 0 amide bonds. The van der Waals surface area contributed by atoms with Crippen LogP contribution in [0.15, 0.2) is 0 Å². The average Bonchev–Trinajstić information content (AvgIpc) is 2.99. The molecule has 0 bridgehead atoms. The van der Waals surface area contributed by atoms with Crippen molar-refractivity contribution in [1.29, 1.82) is 0 Å². The first-order valence-electron chi connectivity index (χ1n) is 21.0. The van der Waals surface area contributed by atoms with Crippen LogP contribution in [0.1, 0.15) is 219 Å². The summed E-state index contributed by atoms with van der Waals surface area (Å²) in [4.78, 5) is 0. The van der Waals surface area contributed by atoms with Crippen LogP contribution in [-0.4, -0.2) is 63.3 Å². The minimum Gasteiger partial charge on any atom is -1.00 e. The van der Waals surface area contributed by atoms with E-state index in [1.54, 1.807) is 0 Å². The van der Waals surface area contributed by atoms with Crippen LogP contribution in [0.2, 0.25) is 0 Å². The zero-order valence-corrected chi connectivity index (χ0v) is 36.3. The Labute approximate surface area is 315 Å². The normalized spacial score (nSPS) is 11.9.